The number of aromatic nitrogens is 4. The molecule has 2 aromatic carbocycles. The van der Waals surface area contributed by atoms with Crippen molar-refractivity contribution >= 4 is 39.5 Å². The first-order valence-electron chi connectivity index (χ1n) is 9.55. The summed E-state index contributed by atoms with van der Waals surface area (Å²) in [6.45, 7) is 0. The molecular weight excluding hydrogens is 475 g/mol. The van der Waals surface area contributed by atoms with Crippen LogP contribution in [0.2, 0.25) is 5.02 Å². The minimum absolute atomic E-state index is 0.0956. The lowest BCUT2D eigenvalue weighted by atomic mass is 10.1. The number of nitrogens with zero attached hydrogens (tertiary/aromatic N) is 4. The lowest BCUT2D eigenvalue weighted by molar-refractivity contribution is -0.143. The number of rotatable bonds is 4. The molecule has 0 spiro atoms. The average Bonchev–Trinajstić information content (AvgIpc) is 3.48. The molecular formula is C22H13ClF3N5OS. The zero-order chi connectivity index (χ0) is 23.2. The van der Waals surface area contributed by atoms with Gasteiger partial charge in [-0.3, -0.25) is 9.20 Å². The summed E-state index contributed by atoms with van der Waals surface area (Å²) in [6.07, 6.45) is -0.152. The number of imidazole rings is 1. The van der Waals surface area contributed by atoms with Gasteiger partial charge in [0, 0.05) is 34.0 Å². The first-order chi connectivity index (χ1) is 15.8. The summed E-state index contributed by atoms with van der Waals surface area (Å²) in [4.78, 5) is 18.1. The molecule has 1 amide bonds. The van der Waals surface area contributed by atoms with Crippen molar-refractivity contribution in [3.8, 4) is 16.9 Å². The van der Waals surface area contributed by atoms with E-state index in [1.807, 2.05) is 22.2 Å². The molecule has 0 aliphatic rings. The van der Waals surface area contributed by atoms with Gasteiger partial charge in [0.25, 0.3) is 5.91 Å². The van der Waals surface area contributed by atoms with Gasteiger partial charge >= 0.3 is 6.18 Å². The van der Waals surface area contributed by atoms with Crippen LogP contribution < -0.4 is 5.32 Å². The lowest BCUT2D eigenvalue weighted by Crippen LogP contribution is -2.20. The second-order valence-corrected chi connectivity index (χ2v) is 8.36. The molecule has 6 nitrogen and oxygen atoms in total. The fourth-order valence-corrected chi connectivity index (χ4v) is 4.26. The summed E-state index contributed by atoms with van der Waals surface area (Å²) < 4.78 is 44.1. The Morgan fingerprint density at radius 2 is 1.91 bits per heavy atom. The number of benzene rings is 2. The number of thiazole rings is 1. The molecule has 3 heterocycles. The molecule has 0 bridgehead atoms. The van der Waals surface area contributed by atoms with Gasteiger partial charge < -0.3 is 5.32 Å². The van der Waals surface area contributed by atoms with Crippen LogP contribution in [0.4, 0.5) is 18.9 Å². The molecule has 1 N–H and O–H groups in total. The lowest BCUT2D eigenvalue weighted by Gasteiger charge is -2.13. The molecule has 5 rings (SSSR count). The second-order valence-electron chi connectivity index (χ2n) is 7.05. The van der Waals surface area contributed by atoms with Gasteiger partial charge in [-0.25, -0.2) is 9.67 Å². The molecule has 0 saturated carbocycles. The standard InChI is InChI=1S/C22H13ClF3N5OS/c23-14-2-1-3-16(10-14)31-19(22(24,25)26)17(11-27-31)20(32)28-15-6-4-13(5-7-15)18-12-30-8-9-33-21(30)29-18/h1-12H,(H,28,32). The summed E-state index contributed by atoms with van der Waals surface area (Å²) in [5.41, 5.74) is 0.222. The zero-order valence-corrected chi connectivity index (χ0v) is 18.1. The van der Waals surface area contributed by atoms with Crippen LogP contribution in [0.25, 0.3) is 21.9 Å². The zero-order valence-electron chi connectivity index (χ0n) is 16.5. The van der Waals surface area contributed by atoms with Crippen molar-refractivity contribution in [1.82, 2.24) is 19.2 Å². The number of halogens is 4. The Bertz CT molecular complexity index is 1440. The number of nitrogens with one attached hydrogen (secondary N) is 1. The Hall–Kier alpha value is -3.63. The van der Waals surface area contributed by atoms with Crippen molar-refractivity contribution < 1.29 is 18.0 Å². The Balaban J connectivity index is 1.42. The molecule has 0 unspecified atom stereocenters. The predicted molar refractivity (Wildman–Crippen MR) is 120 cm³/mol. The van der Waals surface area contributed by atoms with Crippen molar-refractivity contribution in [2.75, 3.05) is 5.32 Å². The molecule has 0 aliphatic heterocycles. The third kappa shape index (κ3) is 4.10. The number of carbonyl (C=O) groups excluding carboxylic acids is 1. The molecule has 0 radical (unpaired) electrons. The quantitative estimate of drug-likeness (QED) is 0.329. The van der Waals surface area contributed by atoms with Crippen molar-refractivity contribution in [2.24, 2.45) is 0 Å². The fraction of sp³-hybridized carbons (Fsp3) is 0.0455. The smallest absolute Gasteiger partial charge is 0.322 e. The first kappa shape index (κ1) is 21.2. The number of amides is 1. The normalized spacial score (nSPS) is 11.8. The van der Waals surface area contributed by atoms with Gasteiger partial charge in [-0.05, 0) is 30.3 Å². The van der Waals surface area contributed by atoms with Crippen LogP contribution in [0.1, 0.15) is 16.1 Å². The van der Waals surface area contributed by atoms with Crippen LogP contribution in [-0.4, -0.2) is 25.1 Å². The maximum absolute atomic E-state index is 13.8. The topological polar surface area (TPSA) is 64.2 Å². The molecule has 33 heavy (non-hydrogen) atoms. The van der Waals surface area contributed by atoms with Gasteiger partial charge in [0.15, 0.2) is 10.7 Å². The molecule has 0 saturated heterocycles. The molecule has 0 fully saturated rings. The highest BCUT2D eigenvalue weighted by atomic mass is 35.5. The van der Waals surface area contributed by atoms with Gasteiger partial charge in [-0.15, -0.1) is 11.3 Å². The SMILES string of the molecule is O=C(Nc1ccc(-c2cn3ccsc3n2)cc1)c1cnn(-c2cccc(Cl)c2)c1C(F)(F)F. The summed E-state index contributed by atoms with van der Waals surface area (Å²) in [5, 5.41) is 8.47. The van der Waals surface area contributed by atoms with Crippen LogP contribution in [-0.2, 0) is 6.18 Å². The van der Waals surface area contributed by atoms with E-state index in [1.54, 1.807) is 24.3 Å². The number of hydrogen-bond acceptors (Lipinski definition) is 4. The van der Waals surface area contributed by atoms with Crippen LogP contribution in [0.15, 0.2) is 72.5 Å². The largest absolute Gasteiger partial charge is 0.434 e. The Labute approximate surface area is 193 Å². The van der Waals surface area contributed by atoms with E-state index in [2.05, 4.69) is 15.4 Å². The summed E-state index contributed by atoms with van der Waals surface area (Å²) in [5.74, 6) is -0.925. The Kier molecular flexibility index (Phi) is 5.18. The fourth-order valence-electron chi connectivity index (χ4n) is 3.38. The molecule has 0 atom stereocenters. The van der Waals surface area contributed by atoms with Gasteiger partial charge in [0.05, 0.1) is 23.1 Å². The van der Waals surface area contributed by atoms with E-state index in [0.29, 0.717) is 10.4 Å². The van der Waals surface area contributed by atoms with E-state index in [4.69, 9.17) is 11.6 Å². The van der Waals surface area contributed by atoms with Gasteiger partial charge in [-0.2, -0.15) is 18.3 Å². The minimum atomic E-state index is -4.82. The van der Waals surface area contributed by atoms with E-state index in [0.717, 1.165) is 22.4 Å². The average molecular weight is 488 g/mol. The second kappa shape index (κ2) is 8.05. The number of alkyl halides is 3. The van der Waals surface area contributed by atoms with E-state index in [-0.39, 0.29) is 10.7 Å². The third-order valence-electron chi connectivity index (χ3n) is 4.87. The van der Waals surface area contributed by atoms with E-state index in [9.17, 15) is 18.0 Å². The maximum atomic E-state index is 13.8. The summed E-state index contributed by atoms with van der Waals surface area (Å²) in [7, 11) is 0. The van der Waals surface area contributed by atoms with Crippen LogP contribution >= 0.6 is 22.9 Å². The highest BCUT2D eigenvalue weighted by molar-refractivity contribution is 7.15. The number of anilines is 1. The van der Waals surface area contributed by atoms with Crippen molar-refractivity contribution in [1.29, 1.82) is 0 Å². The maximum Gasteiger partial charge on any atom is 0.434 e. The number of hydrogen-bond donors (Lipinski definition) is 1. The molecule has 3 aromatic heterocycles. The van der Waals surface area contributed by atoms with E-state index >= 15 is 0 Å². The van der Waals surface area contributed by atoms with Gasteiger partial charge in [-0.1, -0.05) is 29.8 Å². The third-order valence-corrected chi connectivity index (χ3v) is 5.87. The molecule has 166 valence electrons. The van der Waals surface area contributed by atoms with Crippen molar-refractivity contribution in [2.45, 2.75) is 6.18 Å². The molecule has 0 aliphatic carbocycles. The minimum Gasteiger partial charge on any atom is -0.322 e. The van der Waals surface area contributed by atoms with Gasteiger partial charge in [0.1, 0.15) is 0 Å². The monoisotopic (exact) mass is 487 g/mol. The molecule has 5 aromatic rings. The predicted octanol–water partition coefficient (Wildman–Crippen LogP) is 6.17. The highest BCUT2D eigenvalue weighted by Gasteiger charge is 2.40. The van der Waals surface area contributed by atoms with Crippen molar-refractivity contribution in [3.63, 3.8) is 0 Å². The summed E-state index contributed by atoms with van der Waals surface area (Å²) in [6, 6.07) is 12.5. The van der Waals surface area contributed by atoms with Crippen LogP contribution in [0.5, 0.6) is 0 Å². The number of fused-ring (bicyclic) bond motifs is 1. The Morgan fingerprint density at radius 1 is 1.12 bits per heavy atom. The Morgan fingerprint density at radius 3 is 2.61 bits per heavy atom. The molecule has 11 heteroatoms. The highest BCUT2D eigenvalue weighted by Crippen LogP contribution is 2.34. The van der Waals surface area contributed by atoms with E-state index in [1.165, 1.54) is 35.6 Å². The first-order valence-corrected chi connectivity index (χ1v) is 10.8. The van der Waals surface area contributed by atoms with Crippen LogP contribution in [0, 0.1) is 0 Å². The van der Waals surface area contributed by atoms with Crippen LogP contribution in [0.3, 0.4) is 0 Å². The number of carbonyl (C=O) groups is 1. The van der Waals surface area contributed by atoms with Gasteiger partial charge in [0.2, 0.25) is 0 Å². The van der Waals surface area contributed by atoms with Crippen molar-refractivity contribution in [3.05, 3.63) is 88.8 Å². The van der Waals surface area contributed by atoms with E-state index < -0.39 is 23.3 Å². The summed E-state index contributed by atoms with van der Waals surface area (Å²) >= 11 is 7.41.